The van der Waals surface area contributed by atoms with Gasteiger partial charge in [0.05, 0.1) is 17.1 Å². The van der Waals surface area contributed by atoms with E-state index < -0.39 is 0 Å². The highest BCUT2D eigenvalue weighted by Crippen LogP contribution is 2.40. The maximum Gasteiger partial charge on any atom is 0.127 e. The molecular weight excluding hydrogens is 234 g/mol. The summed E-state index contributed by atoms with van der Waals surface area (Å²) in [4.78, 5) is 4.67. The minimum Gasteiger partial charge on any atom is -0.324 e. The second-order valence-electron chi connectivity index (χ2n) is 4.72. The summed E-state index contributed by atoms with van der Waals surface area (Å²) in [5.74, 6) is 1.01. The predicted octanol–water partition coefficient (Wildman–Crippen LogP) is 3.43. The van der Waals surface area contributed by atoms with E-state index >= 15 is 0 Å². The number of fused-ring (bicyclic) bond motifs is 1. The summed E-state index contributed by atoms with van der Waals surface area (Å²) in [7, 11) is 0. The Morgan fingerprint density at radius 1 is 1.53 bits per heavy atom. The fourth-order valence-corrected chi connectivity index (χ4v) is 2.41. The number of nitrogens with zero attached hydrogens (tertiary/aromatic N) is 2. The molecule has 1 atom stereocenters. The highest BCUT2D eigenvalue weighted by molar-refractivity contribution is 6.31. The normalized spacial score (nSPS) is 17.6. The van der Waals surface area contributed by atoms with Gasteiger partial charge in [-0.15, -0.1) is 0 Å². The zero-order valence-corrected chi connectivity index (χ0v) is 10.6. The van der Waals surface area contributed by atoms with E-state index in [1.807, 2.05) is 18.2 Å². The second kappa shape index (κ2) is 4.00. The molecule has 1 aromatic carbocycles. The van der Waals surface area contributed by atoms with Gasteiger partial charge in [-0.3, -0.25) is 0 Å². The molecule has 3 rings (SSSR count). The van der Waals surface area contributed by atoms with Gasteiger partial charge >= 0.3 is 0 Å². The van der Waals surface area contributed by atoms with Gasteiger partial charge in [0.2, 0.25) is 0 Å². The third-order valence-electron chi connectivity index (χ3n) is 3.36. The first-order valence-electron chi connectivity index (χ1n) is 6.13. The molecule has 0 amide bonds. The van der Waals surface area contributed by atoms with Crippen LogP contribution in [0, 0.1) is 0 Å². The lowest BCUT2D eigenvalue weighted by Crippen LogP contribution is -2.15. The summed E-state index contributed by atoms with van der Waals surface area (Å²) < 4.78 is 2.29. The number of aromatic nitrogens is 2. The molecule has 4 heteroatoms. The van der Waals surface area contributed by atoms with Crippen molar-refractivity contribution in [2.45, 2.75) is 38.3 Å². The van der Waals surface area contributed by atoms with Crippen LogP contribution in [0.5, 0.6) is 0 Å². The van der Waals surface area contributed by atoms with Crippen LogP contribution < -0.4 is 5.73 Å². The van der Waals surface area contributed by atoms with Crippen molar-refractivity contribution >= 4 is 22.6 Å². The van der Waals surface area contributed by atoms with Gasteiger partial charge in [0.25, 0.3) is 0 Å². The van der Waals surface area contributed by atoms with Crippen molar-refractivity contribution < 1.29 is 0 Å². The summed E-state index contributed by atoms with van der Waals surface area (Å²) in [5, 5.41) is 0.760. The van der Waals surface area contributed by atoms with Gasteiger partial charge in [0.15, 0.2) is 0 Å². The van der Waals surface area contributed by atoms with Gasteiger partial charge in [-0.2, -0.15) is 0 Å². The minimum absolute atomic E-state index is 0.0155. The van der Waals surface area contributed by atoms with Crippen LogP contribution in [0.1, 0.15) is 44.1 Å². The molecule has 1 unspecified atom stereocenters. The number of benzene rings is 1. The van der Waals surface area contributed by atoms with Crippen LogP contribution in [0.2, 0.25) is 5.02 Å². The molecule has 1 aromatic heterocycles. The van der Waals surface area contributed by atoms with Crippen molar-refractivity contribution in [1.82, 2.24) is 9.55 Å². The Balaban J connectivity index is 2.23. The number of halogens is 1. The average Bonchev–Trinajstić information content (AvgIpc) is 3.09. The highest BCUT2D eigenvalue weighted by atomic mass is 35.5. The van der Waals surface area contributed by atoms with E-state index in [1.165, 1.54) is 12.8 Å². The summed E-state index contributed by atoms with van der Waals surface area (Å²) in [5.41, 5.74) is 8.27. The van der Waals surface area contributed by atoms with Crippen molar-refractivity contribution in [1.29, 1.82) is 0 Å². The van der Waals surface area contributed by atoms with E-state index in [1.54, 1.807) is 0 Å². The molecule has 0 radical (unpaired) electrons. The molecule has 1 saturated carbocycles. The fraction of sp³-hybridized carbons (Fsp3) is 0.462. The van der Waals surface area contributed by atoms with Crippen LogP contribution in [0.15, 0.2) is 18.2 Å². The maximum absolute atomic E-state index is 6.15. The van der Waals surface area contributed by atoms with Crippen LogP contribution in [-0.4, -0.2) is 9.55 Å². The largest absolute Gasteiger partial charge is 0.324 e. The molecule has 1 aliphatic rings. The Morgan fingerprint density at radius 3 is 2.94 bits per heavy atom. The van der Waals surface area contributed by atoms with E-state index in [0.29, 0.717) is 6.04 Å². The lowest BCUT2D eigenvalue weighted by Gasteiger charge is -2.12. The molecule has 1 aliphatic carbocycles. The third kappa shape index (κ3) is 1.83. The standard InChI is InChI=1S/C13H16ClN3/c1-2-10(15)13-16-11-6-3-8(14)7-12(11)17(13)9-4-5-9/h3,6-7,9-10H,2,4-5,15H2,1H3. The molecule has 2 N–H and O–H groups in total. The zero-order valence-electron chi connectivity index (χ0n) is 9.86. The van der Waals surface area contributed by atoms with Crippen LogP contribution in [0.25, 0.3) is 11.0 Å². The third-order valence-corrected chi connectivity index (χ3v) is 3.60. The Hall–Kier alpha value is -1.06. The van der Waals surface area contributed by atoms with E-state index in [9.17, 15) is 0 Å². The molecule has 2 aromatic rings. The summed E-state index contributed by atoms with van der Waals surface area (Å²) in [6.45, 7) is 2.09. The first-order chi connectivity index (χ1) is 8.20. The average molecular weight is 250 g/mol. The minimum atomic E-state index is 0.0155. The van der Waals surface area contributed by atoms with Gasteiger partial charge in [-0.05, 0) is 37.5 Å². The van der Waals surface area contributed by atoms with Gasteiger partial charge in [-0.25, -0.2) is 4.98 Å². The molecule has 0 spiro atoms. The molecule has 0 aliphatic heterocycles. The van der Waals surface area contributed by atoms with E-state index in [0.717, 1.165) is 28.3 Å². The van der Waals surface area contributed by atoms with E-state index in [4.69, 9.17) is 17.3 Å². The second-order valence-corrected chi connectivity index (χ2v) is 5.16. The molecule has 0 saturated heterocycles. The predicted molar refractivity (Wildman–Crippen MR) is 70.2 cm³/mol. The Kier molecular flexibility index (Phi) is 2.60. The Bertz CT molecular complexity index is 557. The van der Waals surface area contributed by atoms with E-state index in [-0.39, 0.29) is 6.04 Å². The molecule has 1 heterocycles. The van der Waals surface area contributed by atoms with Crippen molar-refractivity contribution in [3.05, 3.63) is 29.0 Å². The molecular formula is C13H16ClN3. The molecule has 0 bridgehead atoms. The van der Waals surface area contributed by atoms with Crippen LogP contribution in [0.3, 0.4) is 0 Å². The highest BCUT2D eigenvalue weighted by Gasteiger charge is 2.29. The smallest absolute Gasteiger partial charge is 0.127 e. The quantitative estimate of drug-likeness (QED) is 0.906. The van der Waals surface area contributed by atoms with Crippen molar-refractivity contribution in [2.24, 2.45) is 5.73 Å². The summed E-state index contributed by atoms with van der Waals surface area (Å²) >= 11 is 6.07. The number of rotatable bonds is 3. The maximum atomic E-state index is 6.15. The summed E-state index contributed by atoms with van der Waals surface area (Å²) in [6, 6.07) is 6.44. The molecule has 17 heavy (non-hydrogen) atoms. The van der Waals surface area contributed by atoms with Crippen molar-refractivity contribution in [3.63, 3.8) is 0 Å². The van der Waals surface area contributed by atoms with Gasteiger partial charge < -0.3 is 10.3 Å². The van der Waals surface area contributed by atoms with Crippen LogP contribution in [-0.2, 0) is 0 Å². The van der Waals surface area contributed by atoms with Crippen molar-refractivity contribution in [3.8, 4) is 0 Å². The SMILES string of the molecule is CCC(N)c1nc2ccc(Cl)cc2n1C1CC1. The van der Waals surface area contributed by atoms with Crippen LogP contribution >= 0.6 is 11.6 Å². The van der Waals surface area contributed by atoms with Gasteiger partial charge in [-0.1, -0.05) is 18.5 Å². The number of imidazole rings is 1. The summed E-state index contributed by atoms with van der Waals surface area (Å²) in [6.07, 6.45) is 3.35. The molecule has 90 valence electrons. The lowest BCUT2D eigenvalue weighted by atomic mass is 10.2. The molecule has 1 fully saturated rings. The fourth-order valence-electron chi connectivity index (χ4n) is 2.25. The van der Waals surface area contributed by atoms with Crippen molar-refractivity contribution in [2.75, 3.05) is 0 Å². The van der Waals surface area contributed by atoms with Gasteiger partial charge in [0, 0.05) is 11.1 Å². The monoisotopic (exact) mass is 249 g/mol. The number of hydrogen-bond donors (Lipinski definition) is 1. The number of nitrogens with two attached hydrogens (primary N) is 1. The van der Waals surface area contributed by atoms with Gasteiger partial charge in [0.1, 0.15) is 5.82 Å². The Labute approximate surface area is 106 Å². The zero-order chi connectivity index (χ0) is 12.0. The Morgan fingerprint density at radius 2 is 2.29 bits per heavy atom. The number of hydrogen-bond acceptors (Lipinski definition) is 2. The van der Waals surface area contributed by atoms with E-state index in [2.05, 4.69) is 16.5 Å². The first kappa shape index (κ1) is 11.1. The molecule has 3 nitrogen and oxygen atoms in total. The first-order valence-corrected chi connectivity index (χ1v) is 6.51. The van der Waals surface area contributed by atoms with Crippen LogP contribution in [0.4, 0.5) is 0 Å². The lowest BCUT2D eigenvalue weighted by molar-refractivity contribution is 0.590. The topological polar surface area (TPSA) is 43.8 Å².